The van der Waals surface area contributed by atoms with E-state index in [1.165, 1.54) is 11.1 Å². The summed E-state index contributed by atoms with van der Waals surface area (Å²) in [5.74, 6) is 1.62. The van der Waals surface area contributed by atoms with Crippen molar-refractivity contribution in [3.63, 3.8) is 0 Å². The number of benzene rings is 2. The second-order valence-corrected chi connectivity index (χ2v) is 7.87. The highest BCUT2D eigenvalue weighted by atomic mass is 16.5. The van der Waals surface area contributed by atoms with E-state index in [1.54, 1.807) is 7.11 Å². The van der Waals surface area contributed by atoms with Crippen LogP contribution in [0.4, 0.5) is 0 Å². The molecule has 1 amide bonds. The van der Waals surface area contributed by atoms with E-state index in [0.717, 1.165) is 43.9 Å². The summed E-state index contributed by atoms with van der Waals surface area (Å²) < 4.78 is 5.32. The van der Waals surface area contributed by atoms with Crippen LogP contribution >= 0.6 is 0 Å². The van der Waals surface area contributed by atoms with Crippen molar-refractivity contribution in [3.05, 3.63) is 54.1 Å². The lowest BCUT2D eigenvalue weighted by molar-refractivity contribution is -0.131. The topological polar surface area (TPSA) is 44.8 Å². The van der Waals surface area contributed by atoms with Crippen molar-refractivity contribution in [2.75, 3.05) is 46.9 Å². The minimum atomic E-state index is 0.229. The van der Waals surface area contributed by atoms with Gasteiger partial charge in [-0.2, -0.15) is 0 Å². The highest BCUT2D eigenvalue weighted by molar-refractivity contribution is 5.78. The van der Waals surface area contributed by atoms with Crippen LogP contribution in [-0.2, 0) is 4.79 Å². The van der Waals surface area contributed by atoms with Crippen LogP contribution in [0.5, 0.6) is 5.75 Å². The molecule has 1 aliphatic carbocycles. The molecule has 2 atom stereocenters. The number of nitrogens with one attached hydrogen (secondary N) is 1. The molecule has 148 valence electrons. The first kappa shape index (κ1) is 19.0. The third-order valence-corrected chi connectivity index (χ3v) is 5.90. The van der Waals surface area contributed by atoms with Gasteiger partial charge in [-0.3, -0.25) is 4.79 Å². The molecule has 1 saturated heterocycles. The number of carbonyl (C=O) groups is 1. The second-order valence-electron chi connectivity index (χ2n) is 7.87. The number of methoxy groups -OCH3 is 1. The van der Waals surface area contributed by atoms with Crippen molar-refractivity contribution in [2.45, 2.75) is 18.4 Å². The fraction of sp³-hybridized carbons (Fsp3) is 0.435. The summed E-state index contributed by atoms with van der Waals surface area (Å²) in [6, 6.07) is 17.3. The lowest BCUT2D eigenvalue weighted by atomic mass is 10.0. The number of likely N-dealkylation sites (N-methyl/N-ethyl adjacent to an activating group) is 1. The lowest BCUT2D eigenvalue weighted by Gasteiger charge is -2.32. The Balaban J connectivity index is 1.28. The zero-order chi connectivity index (χ0) is 19.5. The summed E-state index contributed by atoms with van der Waals surface area (Å²) in [5.41, 5.74) is 3.70. The number of hydrogen-bond acceptors (Lipinski definition) is 4. The standard InChI is InChI=1S/C23H29N3O2/c1-25-10-12-26(13-11-25)23(27)16-24-22-15-21(22)18-8-6-17(7-9-18)19-4-3-5-20(14-19)28-2/h3-9,14,21-22,24H,10-13,15-16H2,1-2H3/t21?,22-/m1/s1. The van der Waals surface area contributed by atoms with Gasteiger partial charge in [0.2, 0.25) is 5.91 Å². The predicted molar refractivity (Wildman–Crippen MR) is 112 cm³/mol. The Hall–Kier alpha value is -2.37. The molecule has 2 aliphatic rings. The van der Waals surface area contributed by atoms with Gasteiger partial charge in [-0.25, -0.2) is 0 Å². The third kappa shape index (κ3) is 4.37. The quantitative estimate of drug-likeness (QED) is 0.838. The average Bonchev–Trinajstić information content (AvgIpc) is 3.52. The van der Waals surface area contributed by atoms with E-state index in [4.69, 9.17) is 4.74 Å². The SMILES string of the molecule is COc1cccc(-c2ccc(C3C[C@H]3NCC(=O)N3CCN(C)CC3)cc2)c1. The molecule has 0 radical (unpaired) electrons. The molecule has 1 heterocycles. The molecular formula is C23H29N3O2. The Morgan fingerprint density at radius 1 is 1.07 bits per heavy atom. The Morgan fingerprint density at radius 2 is 1.82 bits per heavy atom. The summed E-state index contributed by atoms with van der Waals surface area (Å²) in [6.45, 7) is 4.08. The molecule has 2 fully saturated rings. The van der Waals surface area contributed by atoms with E-state index in [-0.39, 0.29) is 5.91 Å². The first-order chi connectivity index (χ1) is 13.6. The van der Waals surface area contributed by atoms with Crippen LogP contribution in [0.2, 0.25) is 0 Å². The largest absolute Gasteiger partial charge is 0.497 e. The Labute approximate surface area is 167 Å². The molecule has 1 N–H and O–H groups in total. The first-order valence-corrected chi connectivity index (χ1v) is 10.1. The third-order valence-electron chi connectivity index (χ3n) is 5.90. The van der Waals surface area contributed by atoms with Gasteiger partial charge < -0.3 is 19.9 Å². The molecule has 5 heteroatoms. The van der Waals surface area contributed by atoms with Crippen LogP contribution in [0.15, 0.2) is 48.5 Å². The molecule has 0 bridgehead atoms. The molecule has 1 unspecified atom stereocenters. The van der Waals surface area contributed by atoms with Crippen molar-refractivity contribution in [1.82, 2.24) is 15.1 Å². The van der Waals surface area contributed by atoms with Crippen molar-refractivity contribution < 1.29 is 9.53 Å². The van der Waals surface area contributed by atoms with Crippen molar-refractivity contribution >= 4 is 5.91 Å². The lowest BCUT2D eigenvalue weighted by Crippen LogP contribution is -2.49. The highest BCUT2D eigenvalue weighted by Crippen LogP contribution is 2.41. The first-order valence-electron chi connectivity index (χ1n) is 10.1. The molecule has 1 aliphatic heterocycles. The summed E-state index contributed by atoms with van der Waals surface area (Å²) in [5, 5.41) is 3.45. The number of hydrogen-bond donors (Lipinski definition) is 1. The van der Waals surface area contributed by atoms with Gasteiger partial charge in [-0.05, 0) is 42.3 Å². The van der Waals surface area contributed by atoms with Crippen LogP contribution in [0.25, 0.3) is 11.1 Å². The van der Waals surface area contributed by atoms with Gasteiger partial charge in [0.15, 0.2) is 0 Å². The minimum Gasteiger partial charge on any atom is -0.497 e. The van der Waals surface area contributed by atoms with Gasteiger partial charge in [0.25, 0.3) is 0 Å². The van der Waals surface area contributed by atoms with Gasteiger partial charge in [0.05, 0.1) is 13.7 Å². The maximum Gasteiger partial charge on any atom is 0.236 e. The average molecular weight is 380 g/mol. The van der Waals surface area contributed by atoms with Gasteiger partial charge in [-0.15, -0.1) is 0 Å². The maximum absolute atomic E-state index is 12.4. The highest BCUT2D eigenvalue weighted by Gasteiger charge is 2.38. The van der Waals surface area contributed by atoms with Gasteiger partial charge in [0, 0.05) is 38.1 Å². The van der Waals surface area contributed by atoms with E-state index in [0.29, 0.717) is 18.5 Å². The number of rotatable bonds is 6. The summed E-state index contributed by atoms with van der Waals surface area (Å²) in [7, 11) is 3.80. The van der Waals surface area contributed by atoms with Crippen LogP contribution in [-0.4, -0.2) is 68.6 Å². The molecule has 5 nitrogen and oxygen atoms in total. The molecule has 4 rings (SSSR count). The van der Waals surface area contributed by atoms with Crippen molar-refractivity contribution in [1.29, 1.82) is 0 Å². The zero-order valence-electron chi connectivity index (χ0n) is 16.7. The van der Waals surface area contributed by atoms with Crippen molar-refractivity contribution in [3.8, 4) is 16.9 Å². The fourth-order valence-electron chi connectivity index (χ4n) is 3.90. The summed E-state index contributed by atoms with van der Waals surface area (Å²) in [4.78, 5) is 16.6. The minimum absolute atomic E-state index is 0.229. The number of piperazine rings is 1. The number of carbonyl (C=O) groups excluding carboxylic acids is 1. The molecule has 1 saturated carbocycles. The molecule has 2 aromatic carbocycles. The number of nitrogens with zero attached hydrogens (tertiary/aromatic N) is 2. The van der Waals surface area contributed by atoms with E-state index >= 15 is 0 Å². The molecular weight excluding hydrogens is 350 g/mol. The monoisotopic (exact) mass is 379 g/mol. The van der Waals surface area contributed by atoms with Crippen LogP contribution in [0, 0.1) is 0 Å². The van der Waals surface area contributed by atoms with E-state index in [9.17, 15) is 4.79 Å². The van der Waals surface area contributed by atoms with E-state index in [2.05, 4.69) is 53.7 Å². The van der Waals surface area contributed by atoms with Gasteiger partial charge >= 0.3 is 0 Å². The predicted octanol–water partition coefficient (Wildman–Crippen LogP) is 2.58. The summed E-state index contributed by atoms with van der Waals surface area (Å²) >= 11 is 0. The van der Waals surface area contributed by atoms with E-state index < -0.39 is 0 Å². The fourth-order valence-corrected chi connectivity index (χ4v) is 3.90. The molecule has 28 heavy (non-hydrogen) atoms. The Bertz CT molecular complexity index is 813. The Morgan fingerprint density at radius 3 is 2.54 bits per heavy atom. The number of amides is 1. The summed E-state index contributed by atoms with van der Waals surface area (Å²) in [6.07, 6.45) is 1.11. The zero-order valence-corrected chi connectivity index (χ0v) is 16.7. The van der Waals surface area contributed by atoms with E-state index in [1.807, 2.05) is 17.0 Å². The van der Waals surface area contributed by atoms with Crippen LogP contribution < -0.4 is 10.1 Å². The van der Waals surface area contributed by atoms with Crippen molar-refractivity contribution in [2.24, 2.45) is 0 Å². The second kappa shape index (κ2) is 8.33. The maximum atomic E-state index is 12.4. The van der Waals surface area contributed by atoms with Crippen LogP contribution in [0.1, 0.15) is 17.9 Å². The van der Waals surface area contributed by atoms with Crippen LogP contribution in [0.3, 0.4) is 0 Å². The smallest absolute Gasteiger partial charge is 0.236 e. The Kier molecular flexibility index (Phi) is 5.64. The number of ether oxygens (including phenoxy) is 1. The molecule has 0 aromatic heterocycles. The normalized spacial score (nSPS) is 22.1. The van der Waals surface area contributed by atoms with Gasteiger partial charge in [-0.1, -0.05) is 36.4 Å². The molecule has 0 spiro atoms. The van der Waals surface area contributed by atoms with Gasteiger partial charge in [0.1, 0.15) is 5.75 Å². The molecule has 2 aromatic rings.